The molecule has 0 aliphatic rings. The van der Waals surface area contributed by atoms with Gasteiger partial charge < -0.3 is 14.5 Å². The summed E-state index contributed by atoms with van der Waals surface area (Å²) in [7, 11) is 7.75. The largest absolute Gasteiger partial charge is 0.492 e. The fourth-order valence-electron chi connectivity index (χ4n) is 1.55. The van der Waals surface area contributed by atoms with E-state index in [1.54, 1.807) is 12.1 Å². The quantitative estimate of drug-likeness (QED) is 0.347. The Morgan fingerprint density at radius 3 is 2.37 bits per heavy atom. The van der Waals surface area contributed by atoms with Crippen LogP contribution >= 0.6 is 24.0 Å². The van der Waals surface area contributed by atoms with Crippen molar-refractivity contribution in [3.8, 4) is 5.75 Å². The van der Waals surface area contributed by atoms with E-state index in [1.165, 1.54) is 12.1 Å². The van der Waals surface area contributed by atoms with Crippen molar-refractivity contribution in [1.82, 2.24) is 9.80 Å². The molecule has 0 heterocycles. The van der Waals surface area contributed by atoms with E-state index in [2.05, 4.69) is 4.99 Å². The minimum atomic E-state index is -0.293. The highest BCUT2D eigenvalue weighted by atomic mass is 127. The second-order valence-electron chi connectivity index (χ2n) is 4.28. The molecule has 4 nitrogen and oxygen atoms in total. The van der Waals surface area contributed by atoms with Crippen molar-refractivity contribution in [3.05, 3.63) is 30.1 Å². The summed E-state index contributed by atoms with van der Waals surface area (Å²) in [6.45, 7) is 0.955. The van der Waals surface area contributed by atoms with E-state index in [4.69, 9.17) is 4.74 Å². The molecule has 6 heteroatoms. The van der Waals surface area contributed by atoms with E-state index in [1.807, 2.05) is 38.0 Å². The Bertz CT molecular complexity index is 401. The lowest BCUT2D eigenvalue weighted by Gasteiger charge is -2.22. The minimum Gasteiger partial charge on any atom is -0.492 e. The molecule has 19 heavy (non-hydrogen) atoms. The van der Waals surface area contributed by atoms with Crippen molar-refractivity contribution >= 4 is 29.9 Å². The first-order valence-electron chi connectivity index (χ1n) is 5.78. The lowest BCUT2D eigenvalue weighted by atomic mass is 10.3. The second-order valence-corrected chi connectivity index (χ2v) is 4.28. The fraction of sp³-hybridized carbons (Fsp3) is 0.462. The van der Waals surface area contributed by atoms with Gasteiger partial charge in [-0.05, 0) is 12.1 Å². The molecule has 0 atom stereocenters. The van der Waals surface area contributed by atoms with Gasteiger partial charge in [0, 0.05) is 34.3 Å². The second kappa shape index (κ2) is 8.95. The van der Waals surface area contributed by atoms with Gasteiger partial charge in [-0.2, -0.15) is 0 Å². The summed E-state index contributed by atoms with van der Waals surface area (Å²) < 4.78 is 18.3. The first kappa shape index (κ1) is 17.9. The average Bonchev–Trinajstić information content (AvgIpc) is 2.27. The Kier molecular flexibility index (Phi) is 8.46. The van der Waals surface area contributed by atoms with E-state index >= 15 is 0 Å². The lowest BCUT2D eigenvalue weighted by molar-refractivity contribution is 0.325. The topological polar surface area (TPSA) is 28.1 Å². The Labute approximate surface area is 131 Å². The monoisotopic (exact) mass is 381 g/mol. The number of nitrogens with zero attached hydrogens (tertiary/aromatic N) is 3. The van der Waals surface area contributed by atoms with Crippen molar-refractivity contribution in [1.29, 1.82) is 0 Å². The lowest BCUT2D eigenvalue weighted by Crippen LogP contribution is -2.35. The summed E-state index contributed by atoms with van der Waals surface area (Å²) in [5.74, 6) is 1.11. The third-order valence-corrected chi connectivity index (χ3v) is 2.21. The van der Waals surface area contributed by atoms with E-state index < -0.39 is 0 Å². The molecule has 0 fully saturated rings. The van der Waals surface area contributed by atoms with Crippen LogP contribution in [-0.2, 0) is 0 Å². The number of hydrogen-bond acceptors (Lipinski definition) is 2. The summed E-state index contributed by atoms with van der Waals surface area (Å²) in [5, 5.41) is 0. The molecular weight excluding hydrogens is 360 g/mol. The van der Waals surface area contributed by atoms with E-state index in [0.717, 1.165) is 5.96 Å². The normalized spacial score (nSPS) is 9.32. The number of aliphatic imine (C=N–C) groups is 1. The number of hydrogen-bond donors (Lipinski definition) is 0. The van der Waals surface area contributed by atoms with Crippen molar-refractivity contribution in [2.75, 3.05) is 41.3 Å². The van der Waals surface area contributed by atoms with Crippen molar-refractivity contribution in [2.45, 2.75) is 0 Å². The molecule has 0 radical (unpaired) electrons. The van der Waals surface area contributed by atoms with Gasteiger partial charge in [0.2, 0.25) is 0 Å². The minimum absolute atomic E-state index is 0. The molecule has 0 aliphatic carbocycles. The molecule has 0 unspecified atom stereocenters. The van der Waals surface area contributed by atoms with Crippen LogP contribution < -0.4 is 4.74 Å². The number of guanidine groups is 1. The molecule has 0 amide bonds. The van der Waals surface area contributed by atoms with Crippen LogP contribution in [0.4, 0.5) is 4.39 Å². The summed E-state index contributed by atoms with van der Waals surface area (Å²) in [6, 6.07) is 6.11. The van der Waals surface area contributed by atoms with E-state index in [-0.39, 0.29) is 29.8 Å². The molecular formula is C13H21FIN3O. The first-order chi connectivity index (χ1) is 8.50. The van der Waals surface area contributed by atoms with Gasteiger partial charge in [0.05, 0.1) is 6.54 Å². The zero-order chi connectivity index (χ0) is 13.5. The third kappa shape index (κ3) is 6.60. The van der Waals surface area contributed by atoms with Crippen LogP contribution in [0.1, 0.15) is 0 Å². The Hall–Kier alpha value is -1.05. The van der Waals surface area contributed by atoms with Gasteiger partial charge in [0.15, 0.2) is 5.96 Å². The zero-order valence-corrected chi connectivity index (χ0v) is 14.1. The molecule has 0 N–H and O–H groups in total. The molecule has 0 saturated heterocycles. The van der Waals surface area contributed by atoms with Gasteiger partial charge in [-0.3, -0.25) is 0 Å². The van der Waals surface area contributed by atoms with E-state index in [0.29, 0.717) is 18.9 Å². The molecule has 1 rings (SSSR count). The highest BCUT2D eigenvalue weighted by molar-refractivity contribution is 14.0. The summed E-state index contributed by atoms with van der Waals surface area (Å²) in [4.78, 5) is 8.28. The predicted octanol–water partition coefficient (Wildman–Crippen LogP) is 2.30. The van der Waals surface area contributed by atoms with Gasteiger partial charge in [-0.15, -0.1) is 24.0 Å². The third-order valence-electron chi connectivity index (χ3n) is 2.21. The molecule has 1 aromatic rings. The standard InChI is InChI=1S/C13H20FN3O.HI/c1-16(2)13(17(3)4)15-8-9-18-12-7-5-6-11(14)10-12;/h5-7,10H,8-9H2,1-4H3;1H. The maximum Gasteiger partial charge on any atom is 0.195 e. The maximum atomic E-state index is 12.9. The number of halogens is 2. The maximum absolute atomic E-state index is 12.9. The summed E-state index contributed by atoms with van der Waals surface area (Å²) in [6.07, 6.45) is 0. The fourth-order valence-corrected chi connectivity index (χ4v) is 1.55. The SMILES string of the molecule is CN(C)C(=NCCOc1cccc(F)c1)N(C)C.I. The van der Waals surface area contributed by atoms with Crippen molar-refractivity contribution < 1.29 is 9.13 Å². The first-order valence-corrected chi connectivity index (χ1v) is 5.78. The van der Waals surface area contributed by atoms with Crippen molar-refractivity contribution in [2.24, 2.45) is 4.99 Å². The van der Waals surface area contributed by atoms with Crippen LogP contribution in [0.3, 0.4) is 0 Å². The molecule has 0 aliphatic heterocycles. The Balaban J connectivity index is 0.00000324. The van der Waals surface area contributed by atoms with Gasteiger partial charge in [-0.25, -0.2) is 9.38 Å². The highest BCUT2D eigenvalue weighted by Gasteiger charge is 2.03. The summed E-state index contributed by atoms with van der Waals surface area (Å²) in [5.41, 5.74) is 0. The zero-order valence-electron chi connectivity index (χ0n) is 11.8. The molecule has 0 bridgehead atoms. The molecule has 0 spiro atoms. The van der Waals surface area contributed by atoms with Crippen LogP contribution in [-0.4, -0.2) is 57.1 Å². The highest BCUT2D eigenvalue weighted by Crippen LogP contribution is 2.11. The molecule has 108 valence electrons. The predicted molar refractivity (Wildman–Crippen MR) is 87.0 cm³/mol. The van der Waals surface area contributed by atoms with E-state index in [9.17, 15) is 4.39 Å². The van der Waals surface area contributed by atoms with Gasteiger partial charge >= 0.3 is 0 Å². The molecule has 0 saturated carbocycles. The smallest absolute Gasteiger partial charge is 0.195 e. The van der Waals surface area contributed by atoms with Gasteiger partial charge in [0.25, 0.3) is 0 Å². The summed E-state index contributed by atoms with van der Waals surface area (Å²) >= 11 is 0. The average molecular weight is 381 g/mol. The van der Waals surface area contributed by atoms with Crippen LogP contribution in [0.25, 0.3) is 0 Å². The number of ether oxygens (including phenoxy) is 1. The molecule has 1 aromatic carbocycles. The Morgan fingerprint density at radius 1 is 1.21 bits per heavy atom. The van der Waals surface area contributed by atoms with Gasteiger partial charge in [0.1, 0.15) is 18.2 Å². The Morgan fingerprint density at radius 2 is 1.84 bits per heavy atom. The molecule has 0 aromatic heterocycles. The van der Waals surface area contributed by atoms with Crippen LogP contribution in [0, 0.1) is 5.82 Å². The van der Waals surface area contributed by atoms with Crippen LogP contribution in [0.2, 0.25) is 0 Å². The van der Waals surface area contributed by atoms with Gasteiger partial charge in [-0.1, -0.05) is 6.07 Å². The van der Waals surface area contributed by atoms with Crippen molar-refractivity contribution in [3.63, 3.8) is 0 Å². The number of benzene rings is 1. The number of rotatable bonds is 4. The van der Waals surface area contributed by atoms with Crippen LogP contribution in [0.15, 0.2) is 29.3 Å². The van der Waals surface area contributed by atoms with Crippen LogP contribution in [0.5, 0.6) is 5.75 Å².